The highest BCUT2D eigenvalue weighted by atomic mass is 32.1. The van der Waals surface area contributed by atoms with E-state index in [1.807, 2.05) is 26.2 Å². The van der Waals surface area contributed by atoms with E-state index in [1.54, 1.807) is 29.4 Å². The van der Waals surface area contributed by atoms with Gasteiger partial charge in [-0.1, -0.05) is 20.8 Å². The first-order chi connectivity index (χ1) is 9.89. The smallest absolute Gasteiger partial charge is 0.248 e. The third-order valence-electron chi connectivity index (χ3n) is 4.13. The van der Waals surface area contributed by atoms with Gasteiger partial charge in [-0.25, -0.2) is 4.98 Å². The van der Waals surface area contributed by atoms with Crippen LogP contribution in [-0.2, 0) is 16.0 Å². The summed E-state index contributed by atoms with van der Waals surface area (Å²) in [5.74, 6) is 0.0552. The first kappa shape index (κ1) is 15.9. The zero-order valence-electron chi connectivity index (χ0n) is 13.0. The van der Waals surface area contributed by atoms with Gasteiger partial charge in [0.1, 0.15) is 11.6 Å². The number of carbonyl (C=O) groups excluding carboxylic acids is 2. The number of hydrogen-bond acceptors (Lipinski definition) is 4. The Morgan fingerprint density at radius 2 is 2.19 bits per heavy atom. The van der Waals surface area contributed by atoms with E-state index in [4.69, 9.17) is 0 Å². The molecule has 1 aliphatic rings. The topological polar surface area (TPSA) is 62.3 Å². The molecule has 0 spiro atoms. The summed E-state index contributed by atoms with van der Waals surface area (Å²) in [6.45, 7) is 8.22. The van der Waals surface area contributed by atoms with Gasteiger partial charge >= 0.3 is 0 Å². The zero-order valence-corrected chi connectivity index (χ0v) is 13.9. The fraction of sp³-hybridized carbons (Fsp3) is 0.667. The van der Waals surface area contributed by atoms with Crippen molar-refractivity contribution in [3.05, 3.63) is 16.6 Å². The molecule has 21 heavy (non-hydrogen) atoms. The molecule has 0 radical (unpaired) electrons. The van der Waals surface area contributed by atoms with Crippen LogP contribution in [0.15, 0.2) is 11.6 Å². The zero-order chi connectivity index (χ0) is 15.6. The van der Waals surface area contributed by atoms with Gasteiger partial charge in [0, 0.05) is 24.5 Å². The van der Waals surface area contributed by atoms with Crippen LogP contribution in [0.4, 0.5) is 0 Å². The SMILES string of the molecule is CCC1(C)NC(=O)C(C(C)C)N(CCc2nccs2)C1=O. The molecule has 2 unspecified atom stereocenters. The second-order valence-electron chi connectivity index (χ2n) is 6.04. The summed E-state index contributed by atoms with van der Waals surface area (Å²) >= 11 is 1.58. The summed E-state index contributed by atoms with van der Waals surface area (Å²) in [4.78, 5) is 31.2. The lowest BCUT2D eigenvalue weighted by Crippen LogP contribution is -2.70. The Morgan fingerprint density at radius 1 is 1.48 bits per heavy atom. The number of thiazole rings is 1. The van der Waals surface area contributed by atoms with Gasteiger partial charge in [0.05, 0.1) is 5.01 Å². The number of rotatable bonds is 5. The minimum atomic E-state index is -0.786. The highest BCUT2D eigenvalue weighted by Gasteiger charge is 2.47. The molecule has 2 atom stereocenters. The number of piperazine rings is 1. The van der Waals surface area contributed by atoms with Crippen molar-refractivity contribution in [3.63, 3.8) is 0 Å². The van der Waals surface area contributed by atoms with Crippen LogP contribution >= 0.6 is 11.3 Å². The number of hydrogen-bond donors (Lipinski definition) is 1. The quantitative estimate of drug-likeness (QED) is 0.902. The van der Waals surface area contributed by atoms with E-state index >= 15 is 0 Å². The monoisotopic (exact) mass is 309 g/mol. The number of aromatic nitrogens is 1. The van der Waals surface area contributed by atoms with E-state index in [0.717, 1.165) is 5.01 Å². The summed E-state index contributed by atoms with van der Waals surface area (Å²) < 4.78 is 0. The average molecular weight is 309 g/mol. The second kappa shape index (κ2) is 6.13. The highest BCUT2D eigenvalue weighted by Crippen LogP contribution is 2.25. The first-order valence-corrected chi connectivity index (χ1v) is 8.28. The molecule has 1 aliphatic heterocycles. The van der Waals surface area contributed by atoms with Crippen LogP contribution in [0.25, 0.3) is 0 Å². The minimum absolute atomic E-state index is 0.0138. The van der Waals surface area contributed by atoms with Gasteiger partial charge in [0.25, 0.3) is 0 Å². The predicted molar refractivity (Wildman–Crippen MR) is 83.0 cm³/mol. The molecule has 1 fully saturated rings. The summed E-state index contributed by atoms with van der Waals surface area (Å²) in [5, 5.41) is 5.83. The standard InChI is InChI=1S/C15H23N3O2S/c1-5-15(4)14(20)18(8-6-11-16-7-9-21-11)12(10(2)3)13(19)17-15/h7,9-10,12H,5-6,8H2,1-4H3,(H,17,19). The third-order valence-corrected chi connectivity index (χ3v) is 4.96. The molecule has 1 N–H and O–H groups in total. The lowest BCUT2D eigenvalue weighted by atomic mass is 9.88. The molecule has 1 aromatic heterocycles. The summed E-state index contributed by atoms with van der Waals surface area (Å²) in [6, 6.07) is -0.392. The van der Waals surface area contributed by atoms with Crippen LogP contribution in [0.5, 0.6) is 0 Å². The molecule has 2 heterocycles. The Hall–Kier alpha value is -1.43. The number of nitrogens with zero attached hydrogens (tertiary/aromatic N) is 2. The van der Waals surface area contributed by atoms with Crippen molar-refractivity contribution in [2.24, 2.45) is 5.92 Å². The lowest BCUT2D eigenvalue weighted by Gasteiger charge is -2.45. The summed E-state index contributed by atoms with van der Waals surface area (Å²) in [7, 11) is 0. The molecule has 1 saturated heterocycles. The van der Waals surface area contributed by atoms with Gasteiger partial charge in [-0.3, -0.25) is 9.59 Å². The van der Waals surface area contributed by atoms with Crippen LogP contribution in [0.2, 0.25) is 0 Å². The van der Waals surface area contributed by atoms with E-state index in [2.05, 4.69) is 10.3 Å². The Labute approximate surface area is 129 Å². The fourth-order valence-corrected chi connectivity index (χ4v) is 3.33. The van der Waals surface area contributed by atoms with Crippen molar-refractivity contribution in [1.29, 1.82) is 0 Å². The second-order valence-corrected chi connectivity index (χ2v) is 7.02. The Kier molecular flexibility index (Phi) is 4.66. The third kappa shape index (κ3) is 3.10. The van der Waals surface area contributed by atoms with E-state index in [9.17, 15) is 9.59 Å². The molecule has 0 aromatic carbocycles. The first-order valence-electron chi connectivity index (χ1n) is 7.40. The summed E-state index contributed by atoms with van der Waals surface area (Å²) in [6.07, 6.45) is 3.05. The van der Waals surface area contributed by atoms with Gasteiger partial charge in [-0.2, -0.15) is 0 Å². The molecule has 116 valence electrons. The Morgan fingerprint density at radius 3 is 2.71 bits per heavy atom. The Bertz CT molecular complexity index is 515. The van der Waals surface area contributed by atoms with Crippen LogP contribution in [-0.4, -0.2) is 39.8 Å². The molecule has 0 aliphatic carbocycles. The normalized spacial score (nSPS) is 26.3. The van der Waals surface area contributed by atoms with Crippen LogP contribution in [0.1, 0.15) is 39.1 Å². The van der Waals surface area contributed by atoms with Crippen molar-refractivity contribution in [1.82, 2.24) is 15.2 Å². The molecular weight excluding hydrogens is 286 g/mol. The molecule has 0 bridgehead atoms. The molecule has 1 aromatic rings. The Balaban J connectivity index is 2.21. The maximum absolute atomic E-state index is 12.8. The van der Waals surface area contributed by atoms with Crippen molar-refractivity contribution < 1.29 is 9.59 Å². The highest BCUT2D eigenvalue weighted by molar-refractivity contribution is 7.09. The average Bonchev–Trinajstić information content (AvgIpc) is 2.93. The van der Waals surface area contributed by atoms with E-state index < -0.39 is 11.6 Å². The predicted octanol–water partition coefficient (Wildman–Crippen LogP) is 1.84. The number of carbonyl (C=O) groups is 2. The van der Waals surface area contributed by atoms with Crippen LogP contribution in [0, 0.1) is 5.92 Å². The van der Waals surface area contributed by atoms with E-state index in [0.29, 0.717) is 19.4 Å². The van der Waals surface area contributed by atoms with Gasteiger partial charge in [0.15, 0.2) is 0 Å². The maximum Gasteiger partial charge on any atom is 0.248 e. The van der Waals surface area contributed by atoms with Gasteiger partial charge in [-0.15, -0.1) is 11.3 Å². The van der Waals surface area contributed by atoms with E-state index in [1.165, 1.54) is 0 Å². The molecule has 2 amide bonds. The van der Waals surface area contributed by atoms with Crippen molar-refractivity contribution >= 4 is 23.2 Å². The van der Waals surface area contributed by atoms with E-state index in [-0.39, 0.29) is 17.7 Å². The minimum Gasteiger partial charge on any atom is -0.340 e. The maximum atomic E-state index is 12.8. The number of amides is 2. The van der Waals surface area contributed by atoms with Crippen molar-refractivity contribution in [2.75, 3.05) is 6.54 Å². The van der Waals surface area contributed by atoms with Crippen LogP contribution in [0.3, 0.4) is 0 Å². The van der Waals surface area contributed by atoms with Gasteiger partial charge in [0.2, 0.25) is 11.8 Å². The van der Waals surface area contributed by atoms with Crippen molar-refractivity contribution in [3.8, 4) is 0 Å². The van der Waals surface area contributed by atoms with Crippen LogP contribution < -0.4 is 5.32 Å². The number of nitrogens with one attached hydrogen (secondary N) is 1. The largest absolute Gasteiger partial charge is 0.340 e. The summed E-state index contributed by atoms with van der Waals surface area (Å²) in [5.41, 5.74) is -0.786. The molecule has 2 rings (SSSR count). The lowest BCUT2D eigenvalue weighted by molar-refractivity contribution is -0.156. The van der Waals surface area contributed by atoms with Gasteiger partial charge < -0.3 is 10.2 Å². The molecular formula is C15H23N3O2S. The molecule has 6 heteroatoms. The van der Waals surface area contributed by atoms with Gasteiger partial charge in [-0.05, 0) is 19.3 Å². The van der Waals surface area contributed by atoms with Crippen molar-refractivity contribution in [2.45, 2.75) is 52.1 Å². The molecule has 0 saturated carbocycles. The fourth-order valence-electron chi connectivity index (χ4n) is 2.72. The molecule has 5 nitrogen and oxygen atoms in total.